The molecule has 0 bridgehead atoms. The standard InChI is InChI=1S/C20H16N4O3/c1-24-15-8-7-12(11-14(15)21-17(25)18(24)26)16-22-19(27-23-16)20(9-10-20)13-5-3-2-4-6-13/h2-8,11H,9-10H2,1H3,(H,21,25). The van der Waals surface area contributed by atoms with Gasteiger partial charge < -0.3 is 14.1 Å². The molecule has 134 valence electrons. The van der Waals surface area contributed by atoms with Gasteiger partial charge in [0.2, 0.25) is 11.7 Å². The van der Waals surface area contributed by atoms with Gasteiger partial charge in [0.05, 0.1) is 16.4 Å². The number of aromatic nitrogens is 4. The lowest BCUT2D eigenvalue weighted by Crippen LogP contribution is -2.34. The van der Waals surface area contributed by atoms with Crippen molar-refractivity contribution in [2.24, 2.45) is 7.05 Å². The van der Waals surface area contributed by atoms with Crippen molar-refractivity contribution in [1.82, 2.24) is 19.7 Å². The van der Waals surface area contributed by atoms with Crippen molar-refractivity contribution >= 4 is 11.0 Å². The lowest BCUT2D eigenvalue weighted by Gasteiger charge is -2.09. The van der Waals surface area contributed by atoms with Crippen LogP contribution >= 0.6 is 0 Å². The van der Waals surface area contributed by atoms with E-state index in [1.54, 1.807) is 19.2 Å². The summed E-state index contributed by atoms with van der Waals surface area (Å²) >= 11 is 0. The molecule has 1 fully saturated rings. The van der Waals surface area contributed by atoms with E-state index in [0.717, 1.165) is 18.4 Å². The molecule has 4 aromatic rings. The molecule has 7 heteroatoms. The lowest BCUT2D eigenvalue weighted by atomic mass is 9.96. The van der Waals surface area contributed by atoms with Crippen LogP contribution in [0.3, 0.4) is 0 Å². The van der Waals surface area contributed by atoms with Gasteiger partial charge in [-0.3, -0.25) is 9.59 Å². The van der Waals surface area contributed by atoms with Crippen LogP contribution in [0.5, 0.6) is 0 Å². The normalized spacial score (nSPS) is 15.1. The molecule has 7 nitrogen and oxygen atoms in total. The molecule has 2 aromatic carbocycles. The summed E-state index contributed by atoms with van der Waals surface area (Å²) in [7, 11) is 1.57. The summed E-state index contributed by atoms with van der Waals surface area (Å²) in [6.07, 6.45) is 1.96. The number of benzene rings is 2. The van der Waals surface area contributed by atoms with E-state index in [1.807, 2.05) is 24.3 Å². The fourth-order valence-corrected chi connectivity index (χ4v) is 3.55. The van der Waals surface area contributed by atoms with Crippen LogP contribution in [0.15, 0.2) is 62.6 Å². The molecule has 1 aliphatic carbocycles. The summed E-state index contributed by atoms with van der Waals surface area (Å²) < 4.78 is 6.92. The molecule has 0 amide bonds. The van der Waals surface area contributed by atoms with Gasteiger partial charge in [-0.15, -0.1) is 0 Å². The highest BCUT2D eigenvalue weighted by Gasteiger charge is 2.50. The quantitative estimate of drug-likeness (QED) is 0.566. The summed E-state index contributed by atoms with van der Waals surface area (Å²) in [6, 6.07) is 15.5. The van der Waals surface area contributed by atoms with Crippen LogP contribution in [0.1, 0.15) is 24.3 Å². The Bertz CT molecular complexity index is 1280. The van der Waals surface area contributed by atoms with Gasteiger partial charge in [-0.05, 0) is 36.6 Å². The van der Waals surface area contributed by atoms with Crippen LogP contribution in [0.4, 0.5) is 0 Å². The Morgan fingerprint density at radius 3 is 2.63 bits per heavy atom. The number of rotatable bonds is 3. The molecule has 1 aliphatic rings. The first kappa shape index (κ1) is 15.7. The molecular weight excluding hydrogens is 344 g/mol. The van der Waals surface area contributed by atoms with Crippen molar-refractivity contribution in [2.75, 3.05) is 0 Å². The zero-order chi connectivity index (χ0) is 18.6. The van der Waals surface area contributed by atoms with Crippen molar-refractivity contribution in [3.05, 3.63) is 80.7 Å². The molecule has 2 aromatic heterocycles. The van der Waals surface area contributed by atoms with E-state index in [1.165, 1.54) is 10.1 Å². The number of nitrogens with zero attached hydrogens (tertiary/aromatic N) is 3. The third kappa shape index (κ3) is 2.35. The molecular formula is C20H16N4O3. The maximum Gasteiger partial charge on any atom is 0.316 e. The SMILES string of the molecule is Cn1c(=O)c(=O)[nH]c2cc(-c3noc(C4(c5ccccc5)CC4)n3)ccc21. The van der Waals surface area contributed by atoms with Gasteiger partial charge in [0.25, 0.3) is 0 Å². The first-order valence-electron chi connectivity index (χ1n) is 8.72. The second kappa shape index (κ2) is 5.51. The molecule has 0 atom stereocenters. The van der Waals surface area contributed by atoms with E-state index in [4.69, 9.17) is 4.52 Å². The van der Waals surface area contributed by atoms with Crippen LogP contribution in [-0.4, -0.2) is 19.7 Å². The van der Waals surface area contributed by atoms with E-state index in [-0.39, 0.29) is 5.41 Å². The summed E-state index contributed by atoms with van der Waals surface area (Å²) in [5.74, 6) is 1.07. The third-order valence-electron chi connectivity index (χ3n) is 5.27. The number of fused-ring (bicyclic) bond motifs is 1. The van der Waals surface area contributed by atoms with Crippen LogP contribution < -0.4 is 11.1 Å². The summed E-state index contributed by atoms with van der Waals surface area (Å²) in [6.45, 7) is 0. The predicted octanol–water partition coefficient (Wildman–Crippen LogP) is 2.36. The molecule has 27 heavy (non-hydrogen) atoms. The maximum absolute atomic E-state index is 11.8. The molecule has 0 unspecified atom stereocenters. The van der Waals surface area contributed by atoms with Crippen LogP contribution in [0, 0.1) is 0 Å². The molecule has 0 radical (unpaired) electrons. The van der Waals surface area contributed by atoms with Gasteiger partial charge in [0.15, 0.2) is 0 Å². The van der Waals surface area contributed by atoms with E-state index in [2.05, 4.69) is 27.3 Å². The highest BCUT2D eigenvalue weighted by molar-refractivity contribution is 5.79. The molecule has 0 aliphatic heterocycles. The minimum absolute atomic E-state index is 0.193. The first-order valence-corrected chi connectivity index (χ1v) is 8.72. The molecule has 1 saturated carbocycles. The Morgan fingerprint density at radius 1 is 1.11 bits per heavy atom. The Balaban J connectivity index is 1.58. The number of hydrogen-bond acceptors (Lipinski definition) is 5. The zero-order valence-electron chi connectivity index (χ0n) is 14.6. The third-order valence-corrected chi connectivity index (χ3v) is 5.27. The lowest BCUT2D eigenvalue weighted by molar-refractivity contribution is 0.360. The number of aromatic amines is 1. The fourth-order valence-electron chi connectivity index (χ4n) is 3.55. The van der Waals surface area contributed by atoms with E-state index >= 15 is 0 Å². The van der Waals surface area contributed by atoms with Crippen molar-refractivity contribution in [3.8, 4) is 11.4 Å². The second-order valence-corrected chi connectivity index (χ2v) is 6.92. The maximum atomic E-state index is 11.8. The van der Waals surface area contributed by atoms with E-state index in [0.29, 0.717) is 22.7 Å². The Labute approximate surface area is 153 Å². The summed E-state index contributed by atoms with van der Waals surface area (Å²) in [5.41, 5.74) is 1.65. The van der Waals surface area contributed by atoms with Crippen molar-refractivity contribution in [1.29, 1.82) is 0 Å². The monoisotopic (exact) mass is 360 g/mol. The first-order chi connectivity index (χ1) is 13.1. The van der Waals surface area contributed by atoms with Gasteiger partial charge in [0.1, 0.15) is 0 Å². The van der Waals surface area contributed by atoms with Crippen molar-refractivity contribution in [2.45, 2.75) is 18.3 Å². The number of aryl methyl sites for hydroxylation is 1. The molecule has 2 heterocycles. The van der Waals surface area contributed by atoms with E-state index in [9.17, 15) is 9.59 Å². The number of hydrogen-bond donors (Lipinski definition) is 1. The van der Waals surface area contributed by atoms with Crippen LogP contribution in [0.2, 0.25) is 0 Å². The van der Waals surface area contributed by atoms with Gasteiger partial charge in [-0.2, -0.15) is 4.98 Å². The van der Waals surface area contributed by atoms with Crippen molar-refractivity contribution < 1.29 is 4.52 Å². The Hall–Kier alpha value is -3.48. The average Bonchev–Trinajstić information content (AvgIpc) is 3.36. The number of nitrogens with one attached hydrogen (secondary N) is 1. The topological polar surface area (TPSA) is 93.8 Å². The van der Waals surface area contributed by atoms with Crippen LogP contribution in [-0.2, 0) is 12.5 Å². The zero-order valence-corrected chi connectivity index (χ0v) is 14.6. The van der Waals surface area contributed by atoms with Gasteiger partial charge in [-0.1, -0.05) is 35.5 Å². The van der Waals surface area contributed by atoms with Crippen LogP contribution in [0.25, 0.3) is 22.4 Å². The summed E-state index contributed by atoms with van der Waals surface area (Å²) in [5, 5.41) is 4.14. The Morgan fingerprint density at radius 2 is 1.89 bits per heavy atom. The molecule has 0 saturated heterocycles. The minimum Gasteiger partial charge on any atom is -0.338 e. The number of H-pyrrole nitrogens is 1. The smallest absolute Gasteiger partial charge is 0.316 e. The predicted molar refractivity (Wildman–Crippen MR) is 99.6 cm³/mol. The largest absolute Gasteiger partial charge is 0.338 e. The average molecular weight is 360 g/mol. The highest BCUT2D eigenvalue weighted by atomic mass is 16.5. The molecule has 1 N–H and O–H groups in total. The highest BCUT2D eigenvalue weighted by Crippen LogP contribution is 2.52. The van der Waals surface area contributed by atoms with Crippen molar-refractivity contribution in [3.63, 3.8) is 0 Å². The molecule has 5 rings (SSSR count). The second-order valence-electron chi connectivity index (χ2n) is 6.92. The summed E-state index contributed by atoms with van der Waals surface area (Å²) in [4.78, 5) is 30.8. The Kier molecular flexibility index (Phi) is 3.21. The van der Waals surface area contributed by atoms with Gasteiger partial charge >= 0.3 is 11.1 Å². The van der Waals surface area contributed by atoms with Gasteiger partial charge in [0, 0.05) is 12.6 Å². The minimum atomic E-state index is -0.656. The van der Waals surface area contributed by atoms with Gasteiger partial charge in [-0.25, -0.2) is 0 Å². The molecule has 0 spiro atoms. The van der Waals surface area contributed by atoms with E-state index < -0.39 is 11.1 Å². The fraction of sp³-hybridized carbons (Fsp3) is 0.200.